The quantitative estimate of drug-likeness (QED) is 0.616. The van der Waals surface area contributed by atoms with Crippen molar-refractivity contribution in [3.63, 3.8) is 0 Å². The first-order valence-electron chi connectivity index (χ1n) is 5.35. The van der Waals surface area contributed by atoms with Crippen LogP contribution in [-0.4, -0.2) is 39.3 Å². The first kappa shape index (κ1) is 14.0. The third-order valence-corrected chi connectivity index (χ3v) is 2.52. The second-order valence-corrected chi connectivity index (χ2v) is 4.00. The van der Waals surface area contributed by atoms with E-state index in [9.17, 15) is 19.8 Å². The van der Waals surface area contributed by atoms with Gasteiger partial charge in [0, 0.05) is 0 Å². The van der Waals surface area contributed by atoms with Crippen molar-refractivity contribution in [2.24, 2.45) is 0 Å². The van der Waals surface area contributed by atoms with E-state index in [1.807, 2.05) is 0 Å². The van der Waals surface area contributed by atoms with Crippen LogP contribution in [0, 0.1) is 6.92 Å². The van der Waals surface area contributed by atoms with Gasteiger partial charge in [0.15, 0.2) is 6.04 Å². The van der Waals surface area contributed by atoms with Crippen molar-refractivity contribution in [3.05, 3.63) is 29.3 Å². The first-order valence-corrected chi connectivity index (χ1v) is 5.35. The molecular weight excluding hydrogens is 238 g/mol. The molecule has 0 heterocycles. The average Bonchev–Trinajstić information content (AvgIpc) is 2.28. The van der Waals surface area contributed by atoms with Crippen LogP contribution in [0.1, 0.15) is 22.8 Å². The predicted octanol–water partition coefficient (Wildman–Crippen LogP) is 0.264. The van der Waals surface area contributed by atoms with Crippen LogP contribution in [0.3, 0.4) is 0 Å². The molecule has 0 spiro atoms. The minimum Gasteiger partial charge on any atom is -0.507 e. The maximum atomic E-state index is 11.8. The number of carboxylic acids is 1. The lowest BCUT2D eigenvalue weighted by Crippen LogP contribution is -2.47. The molecule has 0 aromatic heterocycles. The van der Waals surface area contributed by atoms with Crippen molar-refractivity contribution in [1.29, 1.82) is 0 Å². The molecule has 0 aliphatic rings. The van der Waals surface area contributed by atoms with Gasteiger partial charge in [0.05, 0.1) is 11.7 Å². The lowest BCUT2D eigenvalue weighted by Gasteiger charge is -2.17. The molecule has 0 saturated carbocycles. The number of aliphatic hydroxyl groups is 1. The zero-order chi connectivity index (χ0) is 13.9. The minimum atomic E-state index is -1.42. The molecule has 0 aliphatic carbocycles. The van der Waals surface area contributed by atoms with E-state index in [2.05, 4.69) is 5.32 Å². The number of amides is 1. The van der Waals surface area contributed by atoms with Crippen molar-refractivity contribution in [3.8, 4) is 5.75 Å². The number of benzene rings is 1. The van der Waals surface area contributed by atoms with E-state index < -0.39 is 24.0 Å². The van der Waals surface area contributed by atoms with Gasteiger partial charge in [-0.2, -0.15) is 0 Å². The number of aromatic hydroxyl groups is 1. The van der Waals surface area contributed by atoms with Crippen LogP contribution < -0.4 is 5.32 Å². The number of nitrogens with one attached hydrogen (secondary N) is 1. The topological polar surface area (TPSA) is 107 Å². The molecule has 0 radical (unpaired) electrons. The molecule has 0 bridgehead atoms. The highest BCUT2D eigenvalue weighted by molar-refractivity contribution is 5.99. The largest absolute Gasteiger partial charge is 0.507 e. The Morgan fingerprint density at radius 1 is 1.33 bits per heavy atom. The monoisotopic (exact) mass is 253 g/mol. The number of aliphatic hydroxyl groups excluding tert-OH is 1. The van der Waals surface area contributed by atoms with Crippen LogP contribution >= 0.6 is 0 Å². The highest BCUT2D eigenvalue weighted by Crippen LogP contribution is 2.21. The summed E-state index contributed by atoms with van der Waals surface area (Å²) in [6.07, 6.45) is -1.24. The van der Waals surface area contributed by atoms with Crippen LogP contribution in [0.5, 0.6) is 5.75 Å². The molecule has 0 fully saturated rings. The lowest BCUT2D eigenvalue weighted by atomic mass is 10.1. The van der Waals surface area contributed by atoms with Crippen molar-refractivity contribution < 1.29 is 24.9 Å². The van der Waals surface area contributed by atoms with E-state index in [1.54, 1.807) is 19.1 Å². The second-order valence-electron chi connectivity index (χ2n) is 4.00. The van der Waals surface area contributed by atoms with Crippen LogP contribution in [-0.2, 0) is 4.79 Å². The van der Waals surface area contributed by atoms with Gasteiger partial charge in [-0.1, -0.05) is 12.1 Å². The lowest BCUT2D eigenvalue weighted by molar-refractivity contribution is -0.141. The fourth-order valence-corrected chi connectivity index (χ4v) is 1.45. The molecule has 0 saturated heterocycles. The number of aliphatic carboxylic acids is 1. The standard InChI is InChI=1S/C12H15NO5/c1-6-4-3-5-8(10(6)15)11(16)13-9(7(2)14)12(17)18/h3-5,7,9,14-15H,1-2H3,(H,13,16)(H,17,18)/t7-,9+/m1/s1. The Bertz CT molecular complexity index is 470. The van der Waals surface area contributed by atoms with Crippen molar-refractivity contribution in [1.82, 2.24) is 5.32 Å². The zero-order valence-corrected chi connectivity index (χ0v) is 10.0. The Labute approximate surface area is 104 Å². The minimum absolute atomic E-state index is 0.0260. The number of phenols is 1. The van der Waals surface area contributed by atoms with E-state index in [-0.39, 0.29) is 11.3 Å². The molecule has 0 aliphatic heterocycles. The second kappa shape index (κ2) is 5.50. The molecule has 2 atom stereocenters. The number of hydrogen-bond donors (Lipinski definition) is 4. The van der Waals surface area contributed by atoms with Gasteiger partial charge in [0.2, 0.25) is 0 Å². The molecule has 6 heteroatoms. The Balaban J connectivity index is 2.94. The van der Waals surface area contributed by atoms with Crippen LogP contribution in [0.2, 0.25) is 0 Å². The Kier molecular flexibility index (Phi) is 4.28. The summed E-state index contributed by atoms with van der Waals surface area (Å²) in [5, 5.41) is 29.9. The van der Waals surface area contributed by atoms with E-state index in [4.69, 9.17) is 5.11 Å². The summed E-state index contributed by atoms with van der Waals surface area (Å²) in [7, 11) is 0. The molecule has 1 aromatic rings. The number of carboxylic acid groups (broad SMARTS) is 1. The molecule has 4 N–H and O–H groups in total. The third kappa shape index (κ3) is 2.98. The van der Waals surface area contributed by atoms with Gasteiger partial charge in [-0.3, -0.25) is 4.79 Å². The van der Waals surface area contributed by atoms with Crippen molar-refractivity contribution in [2.45, 2.75) is 26.0 Å². The van der Waals surface area contributed by atoms with Crippen LogP contribution in [0.25, 0.3) is 0 Å². The average molecular weight is 253 g/mol. The molecule has 0 unspecified atom stereocenters. The third-order valence-electron chi connectivity index (χ3n) is 2.52. The van der Waals surface area contributed by atoms with Crippen molar-refractivity contribution >= 4 is 11.9 Å². The normalized spacial score (nSPS) is 13.7. The zero-order valence-electron chi connectivity index (χ0n) is 10.0. The molecule has 98 valence electrons. The Morgan fingerprint density at radius 3 is 2.44 bits per heavy atom. The molecule has 1 aromatic carbocycles. The van der Waals surface area contributed by atoms with Crippen LogP contribution in [0.4, 0.5) is 0 Å². The molecule has 1 amide bonds. The molecule has 18 heavy (non-hydrogen) atoms. The highest BCUT2D eigenvalue weighted by Gasteiger charge is 2.26. The summed E-state index contributed by atoms with van der Waals surface area (Å²) >= 11 is 0. The van der Waals surface area contributed by atoms with Gasteiger partial charge in [-0.05, 0) is 25.5 Å². The maximum Gasteiger partial charge on any atom is 0.328 e. The highest BCUT2D eigenvalue weighted by atomic mass is 16.4. The maximum absolute atomic E-state index is 11.8. The van der Waals surface area contributed by atoms with Gasteiger partial charge in [0.25, 0.3) is 5.91 Å². The number of hydrogen-bond acceptors (Lipinski definition) is 4. The Morgan fingerprint density at radius 2 is 1.94 bits per heavy atom. The van der Waals surface area contributed by atoms with Gasteiger partial charge in [-0.25, -0.2) is 4.79 Å². The Hall–Kier alpha value is -2.08. The summed E-state index contributed by atoms with van der Waals surface area (Å²) in [4.78, 5) is 22.6. The number of carbonyl (C=O) groups is 2. The summed E-state index contributed by atoms with van der Waals surface area (Å²) < 4.78 is 0. The number of aryl methyl sites for hydroxylation is 1. The fraction of sp³-hybridized carbons (Fsp3) is 0.333. The number of para-hydroxylation sites is 1. The first-order chi connectivity index (χ1) is 8.34. The molecular formula is C12H15NO5. The summed E-state index contributed by atoms with van der Waals surface area (Å²) in [5.41, 5.74) is 0.480. The predicted molar refractivity (Wildman–Crippen MR) is 63.4 cm³/mol. The molecule has 1 rings (SSSR count). The number of phenolic OH excluding ortho intramolecular Hbond substituents is 1. The molecule has 6 nitrogen and oxygen atoms in total. The van der Waals surface area contributed by atoms with E-state index in [1.165, 1.54) is 13.0 Å². The van der Waals surface area contributed by atoms with E-state index >= 15 is 0 Å². The van der Waals surface area contributed by atoms with Crippen molar-refractivity contribution in [2.75, 3.05) is 0 Å². The summed E-state index contributed by atoms with van der Waals surface area (Å²) in [6, 6.07) is 3.15. The van der Waals surface area contributed by atoms with E-state index in [0.717, 1.165) is 0 Å². The van der Waals surface area contributed by atoms with Gasteiger partial charge >= 0.3 is 5.97 Å². The number of carbonyl (C=O) groups excluding carboxylic acids is 1. The van der Waals surface area contributed by atoms with Gasteiger partial charge in [-0.15, -0.1) is 0 Å². The summed E-state index contributed by atoms with van der Waals surface area (Å²) in [6.45, 7) is 2.88. The SMILES string of the molecule is Cc1cccc(C(=O)N[C@H](C(=O)O)[C@@H](C)O)c1O. The fourth-order valence-electron chi connectivity index (χ4n) is 1.45. The summed E-state index contributed by atoms with van der Waals surface area (Å²) in [5.74, 6) is -2.29. The van der Waals surface area contributed by atoms with Crippen LogP contribution in [0.15, 0.2) is 18.2 Å². The van der Waals surface area contributed by atoms with Gasteiger partial charge in [0.1, 0.15) is 5.75 Å². The smallest absolute Gasteiger partial charge is 0.328 e. The van der Waals surface area contributed by atoms with Gasteiger partial charge < -0.3 is 20.6 Å². The number of rotatable bonds is 4. The van der Waals surface area contributed by atoms with E-state index in [0.29, 0.717) is 5.56 Å².